The predicted octanol–water partition coefficient (Wildman–Crippen LogP) is 4.73. The molecule has 2 heterocycles. The third kappa shape index (κ3) is 3.29. The van der Waals surface area contributed by atoms with E-state index < -0.39 is 0 Å². The third-order valence-electron chi connectivity index (χ3n) is 5.02. The van der Waals surface area contributed by atoms with Crippen LogP contribution < -0.4 is 0 Å². The highest BCUT2D eigenvalue weighted by molar-refractivity contribution is 5.84. The molecule has 2 nitrogen and oxygen atoms in total. The van der Waals surface area contributed by atoms with Gasteiger partial charge in [-0.15, -0.1) is 0 Å². The summed E-state index contributed by atoms with van der Waals surface area (Å²) in [5, 5.41) is 0. The van der Waals surface area contributed by atoms with Crippen molar-refractivity contribution in [2.24, 2.45) is 0 Å². The number of benzene rings is 1. The Morgan fingerprint density at radius 1 is 0.833 bits per heavy atom. The zero-order valence-electron chi connectivity index (χ0n) is 15.2. The highest BCUT2D eigenvalue weighted by Crippen LogP contribution is 2.37. The van der Waals surface area contributed by atoms with Gasteiger partial charge in [0.2, 0.25) is 0 Å². The molecule has 2 heteroatoms. The summed E-state index contributed by atoms with van der Waals surface area (Å²) in [6.07, 6.45) is 6.48. The van der Waals surface area contributed by atoms with Crippen LogP contribution in [0.3, 0.4) is 0 Å². The topological polar surface area (TPSA) is 16.1 Å². The monoisotopic (exact) mass is 320 g/mol. The van der Waals surface area contributed by atoms with Gasteiger partial charge in [0.15, 0.2) is 0 Å². The van der Waals surface area contributed by atoms with Crippen molar-refractivity contribution in [2.45, 2.75) is 39.5 Å². The first kappa shape index (κ1) is 16.9. The Morgan fingerprint density at radius 3 is 2.29 bits per heavy atom. The molecule has 0 unspecified atom stereocenters. The number of pyridine rings is 1. The van der Waals surface area contributed by atoms with Crippen LogP contribution in [0.1, 0.15) is 49.1 Å². The molecule has 4 rings (SSSR count). The number of nitrogens with zero attached hydrogens (tertiary/aromatic N) is 2. The quantitative estimate of drug-likeness (QED) is 0.697. The number of aromatic nitrogens is 1. The summed E-state index contributed by atoms with van der Waals surface area (Å²) in [5.41, 5.74) is 8.54. The van der Waals surface area contributed by atoms with Crippen LogP contribution in [-0.4, -0.2) is 30.0 Å². The largest absolute Gasteiger partial charge is 0.306 e. The molecule has 0 spiro atoms. The van der Waals surface area contributed by atoms with Crippen LogP contribution in [0, 0.1) is 0 Å². The number of fused-ring (bicyclic) bond motifs is 2. The minimum atomic E-state index is 1.09. The Labute approximate surface area is 146 Å². The predicted molar refractivity (Wildman–Crippen MR) is 102 cm³/mol. The van der Waals surface area contributed by atoms with E-state index in [1.165, 1.54) is 28.0 Å². The van der Waals surface area contributed by atoms with Gasteiger partial charge < -0.3 is 4.90 Å². The Balaban J connectivity index is 0.000000815. The van der Waals surface area contributed by atoms with Crippen molar-refractivity contribution in [3.63, 3.8) is 0 Å². The Morgan fingerprint density at radius 2 is 1.50 bits per heavy atom. The van der Waals surface area contributed by atoms with Gasteiger partial charge in [-0.3, -0.25) is 4.98 Å². The fourth-order valence-corrected chi connectivity index (χ4v) is 3.74. The smallest absolute Gasteiger partial charge is 0.0739 e. The van der Waals surface area contributed by atoms with Gasteiger partial charge in [0.25, 0.3) is 0 Å². The molecule has 0 saturated carbocycles. The lowest BCUT2D eigenvalue weighted by molar-refractivity contribution is 0.313. The lowest BCUT2D eigenvalue weighted by Gasteiger charge is -2.27. The van der Waals surface area contributed by atoms with Crippen molar-refractivity contribution < 1.29 is 0 Å². The van der Waals surface area contributed by atoms with E-state index in [4.69, 9.17) is 4.98 Å². The number of piperidine rings is 1. The van der Waals surface area contributed by atoms with E-state index in [9.17, 15) is 0 Å². The molecule has 0 bridgehead atoms. The Hall–Kier alpha value is -1.93. The first-order valence-corrected chi connectivity index (χ1v) is 9.26. The zero-order chi connectivity index (χ0) is 16.9. The fraction of sp³-hybridized carbons (Fsp3) is 0.409. The molecule has 1 saturated heterocycles. The second-order valence-electron chi connectivity index (χ2n) is 6.45. The van der Waals surface area contributed by atoms with Crippen molar-refractivity contribution in [1.82, 2.24) is 9.88 Å². The molecule has 1 aliphatic heterocycles. The number of aryl methyl sites for hydroxylation is 2. The van der Waals surface area contributed by atoms with E-state index >= 15 is 0 Å². The summed E-state index contributed by atoms with van der Waals surface area (Å²) >= 11 is 0. The number of hydrogen-bond donors (Lipinski definition) is 0. The van der Waals surface area contributed by atoms with Gasteiger partial charge >= 0.3 is 0 Å². The summed E-state index contributed by atoms with van der Waals surface area (Å²) in [5.74, 6) is 0. The molecular formula is C22H28N2. The minimum Gasteiger partial charge on any atom is -0.306 e. The standard InChI is InChI=1S/C20H22N2.C2H6/c1-22-13-10-16(11-14-22)19-18-7-3-2-5-15(18)8-9-17-6-4-12-21-20(17)19;1-2/h2-7,12H,8-11,13-14H2,1H3;1-2H3. The second-order valence-corrected chi connectivity index (χ2v) is 6.45. The number of likely N-dealkylation sites (tertiary alicyclic amines) is 1. The van der Waals surface area contributed by atoms with E-state index in [2.05, 4.69) is 48.3 Å². The van der Waals surface area contributed by atoms with Gasteiger partial charge in [0.05, 0.1) is 5.69 Å². The first-order valence-electron chi connectivity index (χ1n) is 9.26. The SMILES string of the molecule is CC.CN1CCC(=C2c3ccccc3CCc3cccnc32)CC1. The molecule has 1 aromatic heterocycles. The van der Waals surface area contributed by atoms with Gasteiger partial charge in [-0.2, -0.15) is 0 Å². The molecule has 2 aliphatic rings. The number of rotatable bonds is 0. The molecule has 0 atom stereocenters. The van der Waals surface area contributed by atoms with E-state index in [1.807, 2.05) is 20.0 Å². The van der Waals surface area contributed by atoms with Crippen LogP contribution in [0.25, 0.3) is 5.57 Å². The van der Waals surface area contributed by atoms with Crippen molar-refractivity contribution in [1.29, 1.82) is 0 Å². The van der Waals surface area contributed by atoms with Gasteiger partial charge in [-0.25, -0.2) is 0 Å². The van der Waals surface area contributed by atoms with Crippen molar-refractivity contribution >= 4 is 5.57 Å². The maximum Gasteiger partial charge on any atom is 0.0739 e. The third-order valence-corrected chi connectivity index (χ3v) is 5.02. The normalized spacial score (nSPS) is 17.3. The van der Waals surface area contributed by atoms with E-state index in [0.717, 1.165) is 38.8 Å². The first-order chi connectivity index (χ1) is 11.8. The lowest BCUT2D eigenvalue weighted by Crippen LogP contribution is -2.27. The highest BCUT2D eigenvalue weighted by Gasteiger charge is 2.23. The van der Waals surface area contributed by atoms with Crippen LogP contribution in [0.15, 0.2) is 48.2 Å². The number of hydrogen-bond acceptors (Lipinski definition) is 2. The lowest BCUT2D eigenvalue weighted by atomic mass is 9.89. The average molecular weight is 320 g/mol. The van der Waals surface area contributed by atoms with E-state index in [1.54, 1.807) is 5.57 Å². The summed E-state index contributed by atoms with van der Waals surface area (Å²) in [6.45, 7) is 6.31. The van der Waals surface area contributed by atoms with Crippen LogP contribution in [0.5, 0.6) is 0 Å². The summed E-state index contributed by atoms with van der Waals surface area (Å²) in [6, 6.07) is 13.2. The molecular weight excluding hydrogens is 292 g/mol. The molecule has 126 valence electrons. The fourth-order valence-electron chi connectivity index (χ4n) is 3.74. The summed E-state index contributed by atoms with van der Waals surface area (Å²) < 4.78 is 0. The maximum absolute atomic E-state index is 4.78. The van der Waals surface area contributed by atoms with Crippen molar-refractivity contribution in [3.05, 3.63) is 70.6 Å². The van der Waals surface area contributed by atoms with Crippen LogP contribution >= 0.6 is 0 Å². The average Bonchev–Trinajstić information content (AvgIpc) is 2.81. The zero-order valence-corrected chi connectivity index (χ0v) is 15.2. The van der Waals surface area contributed by atoms with E-state index in [0.29, 0.717) is 0 Å². The summed E-state index contributed by atoms with van der Waals surface area (Å²) in [7, 11) is 2.22. The van der Waals surface area contributed by atoms with Gasteiger partial charge in [-0.1, -0.05) is 49.8 Å². The van der Waals surface area contributed by atoms with Gasteiger partial charge in [-0.05, 0) is 55.5 Å². The Kier molecular flexibility index (Phi) is 5.47. The molecule has 1 fully saturated rings. The minimum absolute atomic E-state index is 1.09. The van der Waals surface area contributed by atoms with Crippen LogP contribution in [-0.2, 0) is 12.8 Å². The van der Waals surface area contributed by atoms with Crippen molar-refractivity contribution in [2.75, 3.05) is 20.1 Å². The molecule has 0 amide bonds. The molecule has 0 radical (unpaired) electrons. The van der Waals surface area contributed by atoms with Crippen LogP contribution in [0.2, 0.25) is 0 Å². The second kappa shape index (κ2) is 7.76. The summed E-state index contributed by atoms with van der Waals surface area (Å²) in [4.78, 5) is 7.20. The molecule has 1 aromatic carbocycles. The van der Waals surface area contributed by atoms with Gasteiger partial charge in [0.1, 0.15) is 0 Å². The van der Waals surface area contributed by atoms with E-state index in [-0.39, 0.29) is 0 Å². The van der Waals surface area contributed by atoms with Gasteiger partial charge in [0, 0.05) is 24.9 Å². The Bertz CT molecular complexity index is 671. The molecule has 24 heavy (non-hydrogen) atoms. The highest BCUT2D eigenvalue weighted by atomic mass is 15.1. The van der Waals surface area contributed by atoms with Crippen LogP contribution in [0.4, 0.5) is 0 Å². The van der Waals surface area contributed by atoms with Crippen molar-refractivity contribution in [3.8, 4) is 0 Å². The molecule has 1 aliphatic carbocycles. The maximum atomic E-state index is 4.78. The molecule has 0 N–H and O–H groups in total. The molecule has 2 aromatic rings.